The van der Waals surface area contributed by atoms with Crippen LogP contribution in [0.4, 0.5) is 0 Å². The maximum Gasteiger partial charge on any atom is 0.238 e. The van der Waals surface area contributed by atoms with Crippen molar-refractivity contribution < 1.29 is 4.42 Å². The first-order valence-corrected chi connectivity index (χ1v) is 19.7. The summed E-state index contributed by atoms with van der Waals surface area (Å²) in [6, 6.07) is 64.0. The van der Waals surface area contributed by atoms with Crippen LogP contribution in [-0.4, -0.2) is 19.5 Å². The summed E-state index contributed by atoms with van der Waals surface area (Å²) in [5.41, 5.74) is 15.5. The predicted octanol–water partition coefficient (Wildman–Crippen LogP) is 12.4. The lowest BCUT2D eigenvalue weighted by atomic mass is 9.70. The molecule has 0 bridgehead atoms. The van der Waals surface area contributed by atoms with Gasteiger partial charge in [0.15, 0.2) is 11.6 Å². The summed E-state index contributed by atoms with van der Waals surface area (Å²) in [5.74, 6) is 1.64. The van der Waals surface area contributed by atoms with E-state index in [4.69, 9.17) is 19.4 Å². The van der Waals surface area contributed by atoms with Crippen LogP contribution < -0.4 is 0 Å². The number of furan rings is 1. The number of aromatic nitrogens is 4. The Kier molecular flexibility index (Phi) is 6.35. The average Bonchev–Trinajstić information content (AvgIpc) is 4.01. The number of hydrogen-bond acceptors (Lipinski definition) is 5. The molecule has 2 aliphatic carbocycles. The molecule has 0 unspecified atom stereocenters. The van der Waals surface area contributed by atoms with Crippen molar-refractivity contribution >= 4 is 43.7 Å². The normalized spacial score (nSPS) is 13.2. The van der Waals surface area contributed by atoms with E-state index >= 15 is 0 Å². The van der Waals surface area contributed by atoms with Gasteiger partial charge in [0.1, 0.15) is 11.2 Å². The minimum absolute atomic E-state index is 0.498. The molecular formula is C53H29N5O. The molecule has 0 atom stereocenters. The number of hydrogen-bond donors (Lipinski definition) is 0. The van der Waals surface area contributed by atoms with E-state index in [1.807, 2.05) is 54.6 Å². The lowest BCUT2D eigenvalue weighted by molar-refractivity contribution is 0.669. The molecule has 2 aliphatic rings. The van der Waals surface area contributed by atoms with Gasteiger partial charge in [0.2, 0.25) is 5.95 Å². The standard InChI is InChI=1S/C53H29N5O/c54-30-31-22-24-48-40(26-31)41-27-33(23-25-49(41)59-48)51-55-50(32-12-2-1-3-13-32)56-52(57-51)58-46-21-11-7-17-37(46)39-28-38-36-16-6-10-20-44(36)53(45(38)29-47(39)58)42-18-8-4-14-34(42)35-15-5-9-19-43(35)53/h1-29H. The highest BCUT2D eigenvalue weighted by molar-refractivity contribution is 6.12. The van der Waals surface area contributed by atoms with Gasteiger partial charge < -0.3 is 4.42 Å². The monoisotopic (exact) mass is 751 g/mol. The number of benzene rings is 8. The van der Waals surface area contributed by atoms with Crippen LogP contribution >= 0.6 is 0 Å². The summed E-state index contributed by atoms with van der Waals surface area (Å²) in [6.07, 6.45) is 0. The fourth-order valence-electron chi connectivity index (χ4n) is 10.1. The van der Waals surface area contributed by atoms with Crippen LogP contribution in [-0.2, 0) is 5.41 Å². The molecule has 0 aliphatic heterocycles. The van der Waals surface area contributed by atoms with Gasteiger partial charge in [0, 0.05) is 32.7 Å². The highest BCUT2D eigenvalue weighted by atomic mass is 16.3. The van der Waals surface area contributed by atoms with Gasteiger partial charge in [-0.2, -0.15) is 15.2 Å². The molecular weight excluding hydrogens is 723 g/mol. The van der Waals surface area contributed by atoms with Crippen LogP contribution in [0.5, 0.6) is 0 Å². The Morgan fingerprint density at radius 3 is 1.75 bits per heavy atom. The fourth-order valence-corrected chi connectivity index (χ4v) is 10.1. The Morgan fingerprint density at radius 2 is 1.03 bits per heavy atom. The second-order valence-electron chi connectivity index (χ2n) is 15.4. The van der Waals surface area contributed by atoms with Crippen molar-refractivity contribution in [2.24, 2.45) is 0 Å². The second kappa shape index (κ2) is 11.7. The molecule has 13 rings (SSSR count). The highest BCUT2D eigenvalue weighted by Gasteiger charge is 2.51. The van der Waals surface area contributed by atoms with Crippen molar-refractivity contribution in [2.45, 2.75) is 5.41 Å². The zero-order chi connectivity index (χ0) is 38.8. The molecule has 6 heteroatoms. The summed E-state index contributed by atoms with van der Waals surface area (Å²) >= 11 is 0. The van der Waals surface area contributed by atoms with Crippen molar-refractivity contribution in [3.63, 3.8) is 0 Å². The van der Waals surface area contributed by atoms with E-state index in [1.54, 1.807) is 6.07 Å². The lowest BCUT2D eigenvalue weighted by Gasteiger charge is -2.30. The zero-order valence-corrected chi connectivity index (χ0v) is 31.4. The van der Waals surface area contributed by atoms with Gasteiger partial charge in [-0.15, -0.1) is 0 Å². The van der Waals surface area contributed by atoms with E-state index in [0.717, 1.165) is 54.9 Å². The molecule has 11 aromatic rings. The van der Waals surface area contributed by atoms with E-state index in [0.29, 0.717) is 23.2 Å². The smallest absolute Gasteiger partial charge is 0.238 e. The quantitative estimate of drug-likeness (QED) is 0.180. The van der Waals surface area contributed by atoms with Gasteiger partial charge in [-0.05, 0) is 99.1 Å². The van der Waals surface area contributed by atoms with Crippen LogP contribution in [0.1, 0.15) is 27.8 Å². The van der Waals surface area contributed by atoms with Crippen molar-refractivity contribution in [1.29, 1.82) is 5.26 Å². The second-order valence-corrected chi connectivity index (χ2v) is 15.4. The van der Waals surface area contributed by atoms with Gasteiger partial charge in [-0.1, -0.05) is 121 Å². The van der Waals surface area contributed by atoms with Crippen molar-refractivity contribution in [2.75, 3.05) is 0 Å². The molecule has 0 N–H and O–H groups in total. The van der Waals surface area contributed by atoms with Gasteiger partial charge in [-0.3, -0.25) is 4.57 Å². The third-order valence-electron chi connectivity index (χ3n) is 12.5. The van der Waals surface area contributed by atoms with E-state index < -0.39 is 5.41 Å². The minimum atomic E-state index is -0.498. The van der Waals surface area contributed by atoms with Gasteiger partial charge >= 0.3 is 0 Å². The van der Waals surface area contributed by atoms with Crippen molar-refractivity contribution in [1.82, 2.24) is 19.5 Å². The van der Waals surface area contributed by atoms with Crippen molar-refractivity contribution in [3.05, 3.63) is 204 Å². The first-order valence-electron chi connectivity index (χ1n) is 19.7. The number of para-hydroxylation sites is 1. The fraction of sp³-hybridized carbons (Fsp3) is 0.0189. The molecule has 8 aromatic carbocycles. The van der Waals surface area contributed by atoms with E-state index in [9.17, 15) is 5.26 Å². The number of fused-ring (bicyclic) bond motifs is 16. The molecule has 0 radical (unpaired) electrons. The Labute approximate surface area is 337 Å². The Balaban J connectivity index is 1.11. The Hall–Kier alpha value is -8.14. The first kappa shape index (κ1) is 32.0. The number of nitriles is 1. The summed E-state index contributed by atoms with van der Waals surface area (Å²) < 4.78 is 8.41. The first-order chi connectivity index (χ1) is 29.2. The molecule has 59 heavy (non-hydrogen) atoms. The molecule has 6 nitrogen and oxygen atoms in total. The van der Waals surface area contributed by atoms with E-state index in [2.05, 4.69) is 126 Å². The highest BCUT2D eigenvalue weighted by Crippen LogP contribution is 2.63. The number of rotatable bonds is 3. The summed E-state index contributed by atoms with van der Waals surface area (Å²) in [6.45, 7) is 0. The zero-order valence-electron chi connectivity index (χ0n) is 31.4. The molecule has 1 spiro atoms. The molecule has 0 fully saturated rings. The molecule has 3 aromatic heterocycles. The Morgan fingerprint density at radius 1 is 0.441 bits per heavy atom. The third kappa shape index (κ3) is 4.25. The van der Waals surface area contributed by atoms with Crippen LogP contribution in [0.3, 0.4) is 0 Å². The van der Waals surface area contributed by atoms with E-state index in [-0.39, 0.29) is 0 Å². The van der Waals surface area contributed by atoms with E-state index in [1.165, 1.54) is 44.5 Å². The molecule has 0 saturated carbocycles. The maximum absolute atomic E-state index is 9.68. The van der Waals surface area contributed by atoms with Crippen LogP contribution in [0.25, 0.3) is 94.7 Å². The predicted molar refractivity (Wildman–Crippen MR) is 233 cm³/mol. The van der Waals surface area contributed by atoms with Crippen LogP contribution in [0.15, 0.2) is 180 Å². The average molecular weight is 752 g/mol. The SMILES string of the molecule is N#Cc1ccc2oc3ccc(-c4nc(-c5ccccc5)nc(-n5c6ccccc6c6cc7c(cc65)C5(c6ccccc6-c6ccccc65)c5ccccc5-7)n4)cc3c2c1. The summed E-state index contributed by atoms with van der Waals surface area (Å²) in [4.78, 5) is 15.7. The van der Waals surface area contributed by atoms with Gasteiger partial charge in [0.25, 0.3) is 0 Å². The van der Waals surface area contributed by atoms with Gasteiger partial charge in [-0.25, -0.2) is 4.98 Å². The molecule has 272 valence electrons. The molecule has 0 saturated heterocycles. The largest absolute Gasteiger partial charge is 0.456 e. The lowest BCUT2D eigenvalue weighted by Crippen LogP contribution is -2.25. The third-order valence-corrected chi connectivity index (χ3v) is 12.5. The summed E-state index contributed by atoms with van der Waals surface area (Å²) in [5, 5.41) is 13.7. The minimum Gasteiger partial charge on any atom is -0.456 e. The number of nitrogens with zero attached hydrogens (tertiary/aromatic N) is 5. The van der Waals surface area contributed by atoms with Gasteiger partial charge in [0.05, 0.1) is 28.1 Å². The van der Waals surface area contributed by atoms with Crippen LogP contribution in [0.2, 0.25) is 0 Å². The summed E-state index contributed by atoms with van der Waals surface area (Å²) in [7, 11) is 0. The maximum atomic E-state index is 9.68. The Bertz CT molecular complexity index is 3600. The molecule has 0 amide bonds. The van der Waals surface area contributed by atoms with Crippen LogP contribution in [0, 0.1) is 11.3 Å². The van der Waals surface area contributed by atoms with Crippen molar-refractivity contribution in [3.8, 4) is 57.0 Å². The topological polar surface area (TPSA) is 80.5 Å². The molecule has 3 heterocycles.